The molecule has 2 rings (SSSR count). The lowest BCUT2D eigenvalue weighted by molar-refractivity contribution is -0.138. The minimum Gasteiger partial charge on any atom is -0.493 e. The molecule has 0 aromatic heterocycles. The van der Waals surface area contributed by atoms with Gasteiger partial charge in [-0.05, 0) is 31.2 Å². The first kappa shape index (κ1) is 15.6. The van der Waals surface area contributed by atoms with Crippen molar-refractivity contribution in [2.75, 3.05) is 33.8 Å². The molecule has 21 heavy (non-hydrogen) atoms. The van der Waals surface area contributed by atoms with Crippen LogP contribution in [0.2, 0.25) is 0 Å². The zero-order valence-electron chi connectivity index (χ0n) is 12.4. The number of aliphatic carboxylic acids is 1. The van der Waals surface area contributed by atoms with E-state index in [1.54, 1.807) is 25.3 Å². The Balaban J connectivity index is 2.23. The van der Waals surface area contributed by atoms with E-state index in [-0.39, 0.29) is 12.6 Å². The third kappa shape index (κ3) is 3.65. The summed E-state index contributed by atoms with van der Waals surface area (Å²) in [6.45, 7) is 1.90. The van der Waals surface area contributed by atoms with Crippen LogP contribution in [0.4, 0.5) is 0 Å². The standard InChI is InChI=1S/C15H22N2O4/c1-17-6-5-11(9-17)21-14-7-10(3-4-13(14)20-2)12(8-16)15(18)19/h3-4,7,11-12H,5-6,8-9,16H2,1-2H3,(H,18,19). The first-order valence-electron chi connectivity index (χ1n) is 7.01. The maximum atomic E-state index is 11.2. The molecule has 2 unspecified atom stereocenters. The Kier molecular flexibility index (Phi) is 5.03. The highest BCUT2D eigenvalue weighted by Gasteiger charge is 2.24. The molecule has 6 nitrogen and oxygen atoms in total. The first-order valence-corrected chi connectivity index (χ1v) is 7.01. The summed E-state index contributed by atoms with van der Waals surface area (Å²) < 4.78 is 11.3. The highest BCUT2D eigenvalue weighted by Crippen LogP contribution is 2.32. The van der Waals surface area contributed by atoms with Gasteiger partial charge in [0.15, 0.2) is 11.5 Å². The van der Waals surface area contributed by atoms with Crippen LogP contribution in [-0.2, 0) is 4.79 Å². The minimum absolute atomic E-state index is 0.0489. The predicted octanol–water partition coefficient (Wildman–Crippen LogP) is 0.905. The topological polar surface area (TPSA) is 85.0 Å². The summed E-state index contributed by atoms with van der Waals surface area (Å²) in [5.74, 6) is -0.483. The number of nitrogens with zero attached hydrogens (tertiary/aromatic N) is 1. The highest BCUT2D eigenvalue weighted by atomic mass is 16.5. The number of nitrogens with two attached hydrogens (primary N) is 1. The summed E-state index contributed by atoms with van der Waals surface area (Å²) in [5, 5.41) is 9.20. The Morgan fingerprint density at radius 1 is 1.52 bits per heavy atom. The van der Waals surface area contributed by atoms with Crippen molar-refractivity contribution in [1.82, 2.24) is 4.90 Å². The molecule has 0 bridgehead atoms. The molecule has 1 aromatic rings. The number of carboxylic acid groups (broad SMARTS) is 1. The second-order valence-corrected chi connectivity index (χ2v) is 5.33. The second-order valence-electron chi connectivity index (χ2n) is 5.33. The highest BCUT2D eigenvalue weighted by molar-refractivity contribution is 5.76. The largest absolute Gasteiger partial charge is 0.493 e. The van der Waals surface area contributed by atoms with E-state index in [9.17, 15) is 9.90 Å². The fourth-order valence-electron chi connectivity index (χ4n) is 2.55. The van der Waals surface area contributed by atoms with Crippen molar-refractivity contribution >= 4 is 5.97 Å². The van der Waals surface area contributed by atoms with Gasteiger partial charge in [0, 0.05) is 19.6 Å². The Morgan fingerprint density at radius 3 is 2.81 bits per heavy atom. The third-order valence-corrected chi connectivity index (χ3v) is 3.77. The molecule has 2 atom stereocenters. The monoisotopic (exact) mass is 294 g/mol. The average molecular weight is 294 g/mol. The fraction of sp³-hybridized carbons (Fsp3) is 0.533. The van der Waals surface area contributed by atoms with Gasteiger partial charge in [0.1, 0.15) is 6.10 Å². The van der Waals surface area contributed by atoms with E-state index in [0.717, 1.165) is 19.5 Å². The predicted molar refractivity (Wildman–Crippen MR) is 79.0 cm³/mol. The van der Waals surface area contributed by atoms with Crippen molar-refractivity contribution in [3.8, 4) is 11.5 Å². The summed E-state index contributed by atoms with van der Waals surface area (Å²) in [5.41, 5.74) is 6.18. The van der Waals surface area contributed by atoms with Gasteiger partial charge in [-0.25, -0.2) is 0 Å². The number of ether oxygens (including phenoxy) is 2. The van der Waals surface area contributed by atoms with Crippen molar-refractivity contribution < 1.29 is 19.4 Å². The SMILES string of the molecule is COc1ccc(C(CN)C(=O)O)cc1OC1CCN(C)C1. The van der Waals surface area contributed by atoms with Crippen molar-refractivity contribution in [3.05, 3.63) is 23.8 Å². The quantitative estimate of drug-likeness (QED) is 0.811. The molecule has 0 aliphatic carbocycles. The van der Waals surface area contributed by atoms with Crippen molar-refractivity contribution in [3.63, 3.8) is 0 Å². The average Bonchev–Trinajstić information content (AvgIpc) is 2.85. The van der Waals surface area contributed by atoms with Crippen LogP contribution in [-0.4, -0.2) is 55.9 Å². The van der Waals surface area contributed by atoms with Crippen LogP contribution in [0.5, 0.6) is 11.5 Å². The van der Waals surface area contributed by atoms with Crippen LogP contribution in [0.1, 0.15) is 17.9 Å². The Hall–Kier alpha value is -1.79. The van der Waals surface area contributed by atoms with Gasteiger partial charge >= 0.3 is 5.97 Å². The van der Waals surface area contributed by atoms with Crippen LogP contribution in [0.15, 0.2) is 18.2 Å². The summed E-state index contributed by atoms with van der Waals surface area (Å²) in [6, 6.07) is 5.18. The normalized spacial score (nSPS) is 20.2. The smallest absolute Gasteiger partial charge is 0.312 e. The number of hydrogen-bond acceptors (Lipinski definition) is 5. The minimum atomic E-state index is -0.936. The number of rotatable bonds is 6. The molecule has 6 heteroatoms. The molecule has 0 amide bonds. The number of benzene rings is 1. The molecule has 0 saturated carbocycles. The van der Waals surface area contributed by atoms with Gasteiger partial charge in [-0.3, -0.25) is 4.79 Å². The molecule has 0 radical (unpaired) electrons. The second kappa shape index (κ2) is 6.78. The molecule has 1 fully saturated rings. The van der Waals surface area contributed by atoms with E-state index in [0.29, 0.717) is 17.1 Å². The summed E-state index contributed by atoms with van der Waals surface area (Å²) in [7, 11) is 3.62. The van der Waals surface area contributed by atoms with Gasteiger partial charge in [0.2, 0.25) is 0 Å². The van der Waals surface area contributed by atoms with Crippen LogP contribution < -0.4 is 15.2 Å². The number of methoxy groups -OCH3 is 1. The number of likely N-dealkylation sites (N-methyl/N-ethyl adjacent to an activating group) is 1. The zero-order chi connectivity index (χ0) is 15.4. The summed E-state index contributed by atoms with van der Waals surface area (Å²) in [6.07, 6.45) is 1.05. The van der Waals surface area contributed by atoms with E-state index in [4.69, 9.17) is 15.2 Å². The lowest BCUT2D eigenvalue weighted by Crippen LogP contribution is -2.23. The van der Waals surface area contributed by atoms with Crippen molar-refractivity contribution in [2.45, 2.75) is 18.4 Å². The van der Waals surface area contributed by atoms with E-state index in [1.807, 2.05) is 7.05 Å². The number of carboxylic acids is 1. The molecule has 116 valence electrons. The number of hydrogen-bond donors (Lipinski definition) is 2. The van der Waals surface area contributed by atoms with Gasteiger partial charge in [0.25, 0.3) is 0 Å². The van der Waals surface area contributed by atoms with E-state index in [1.165, 1.54) is 0 Å². The summed E-state index contributed by atoms with van der Waals surface area (Å²) >= 11 is 0. The molecular weight excluding hydrogens is 272 g/mol. The Morgan fingerprint density at radius 2 is 2.29 bits per heavy atom. The fourth-order valence-corrected chi connectivity index (χ4v) is 2.55. The van der Waals surface area contributed by atoms with Crippen LogP contribution >= 0.6 is 0 Å². The molecule has 0 spiro atoms. The molecule has 1 aliphatic heterocycles. The Bertz CT molecular complexity index is 506. The third-order valence-electron chi connectivity index (χ3n) is 3.77. The molecule has 1 heterocycles. The van der Waals surface area contributed by atoms with Gasteiger partial charge in [0.05, 0.1) is 13.0 Å². The summed E-state index contributed by atoms with van der Waals surface area (Å²) in [4.78, 5) is 13.4. The number of likely N-dealkylation sites (tertiary alicyclic amines) is 1. The Labute approximate surface area is 124 Å². The molecule has 1 aliphatic rings. The van der Waals surface area contributed by atoms with Gasteiger partial charge in [-0.1, -0.05) is 6.07 Å². The van der Waals surface area contributed by atoms with Crippen molar-refractivity contribution in [2.24, 2.45) is 5.73 Å². The molecular formula is C15H22N2O4. The number of carbonyl (C=O) groups is 1. The van der Waals surface area contributed by atoms with Crippen LogP contribution in [0, 0.1) is 0 Å². The molecule has 1 aromatic carbocycles. The lowest BCUT2D eigenvalue weighted by atomic mass is 9.99. The van der Waals surface area contributed by atoms with E-state index in [2.05, 4.69) is 4.90 Å². The van der Waals surface area contributed by atoms with E-state index >= 15 is 0 Å². The molecule has 1 saturated heterocycles. The van der Waals surface area contributed by atoms with E-state index < -0.39 is 11.9 Å². The zero-order valence-corrected chi connectivity index (χ0v) is 12.4. The van der Waals surface area contributed by atoms with Gasteiger partial charge in [-0.2, -0.15) is 0 Å². The van der Waals surface area contributed by atoms with Crippen LogP contribution in [0.25, 0.3) is 0 Å². The van der Waals surface area contributed by atoms with Crippen molar-refractivity contribution in [1.29, 1.82) is 0 Å². The lowest BCUT2D eigenvalue weighted by Gasteiger charge is -2.18. The maximum absolute atomic E-state index is 11.2. The van der Waals surface area contributed by atoms with Gasteiger partial charge < -0.3 is 25.2 Å². The molecule has 3 N–H and O–H groups in total. The van der Waals surface area contributed by atoms with Crippen LogP contribution in [0.3, 0.4) is 0 Å². The van der Waals surface area contributed by atoms with Gasteiger partial charge in [-0.15, -0.1) is 0 Å². The first-order chi connectivity index (χ1) is 10.0. The maximum Gasteiger partial charge on any atom is 0.312 e.